The van der Waals surface area contributed by atoms with E-state index >= 15 is 0 Å². The fraction of sp³-hybridized carbons (Fsp3) is 0.894. The smallest absolute Gasteiger partial charge is 0.457 e. The maximum Gasteiger partial charge on any atom is 0.472 e. The molecule has 0 aliphatic rings. The van der Waals surface area contributed by atoms with Gasteiger partial charge in [-0.05, 0) is 38.5 Å². The van der Waals surface area contributed by atoms with Gasteiger partial charge >= 0.3 is 13.8 Å². The van der Waals surface area contributed by atoms with E-state index in [9.17, 15) is 19.4 Å². The summed E-state index contributed by atoms with van der Waals surface area (Å²) in [6.45, 7) is 3.48. The van der Waals surface area contributed by atoms with E-state index in [0.717, 1.165) is 57.8 Å². The average molecular weight is 831 g/mol. The second-order valence-electron chi connectivity index (χ2n) is 16.1. The lowest BCUT2D eigenvalue weighted by Gasteiger charge is -2.20. The van der Waals surface area contributed by atoms with Crippen LogP contribution in [-0.2, 0) is 27.9 Å². The molecule has 0 fully saturated rings. The minimum absolute atomic E-state index is 0.0478. The number of rotatable bonds is 46. The number of carbonyl (C=O) groups is 1. The maximum absolute atomic E-state index is 12.6. The van der Waals surface area contributed by atoms with Crippen LogP contribution in [0.15, 0.2) is 24.3 Å². The molecule has 9 nitrogen and oxygen atoms in total. The first kappa shape index (κ1) is 55.9. The van der Waals surface area contributed by atoms with E-state index in [0.29, 0.717) is 13.0 Å². The van der Waals surface area contributed by atoms with Crippen LogP contribution < -0.4 is 0 Å². The second-order valence-corrected chi connectivity index (χ2v) is 17.6. The molecule has 0 aromatic rings. The van der Waals surface area contributed by atoms with Crippen molar-refractivity contribution in [2.24, 2.45) is 0 Å². The van der Waals surface area contributed by atoms with E-state index < -0.39 is 39.2 Å². The molecule has 338 valence electrons. The summed E-state index contributed by atoms with van der Waals surface area (Å²) in [5, 5.41) is 18.4. The van der Waals surface area contributed by atoms with Gasteiger partial charge in [-0.2, -0.15) is 0 Å². The predicted octanol–water partition coefficient (Wildman–Crippen LogP) is 13.4. The Morgan fingerprint density at radius 2 is 0.982 bits per heavy atom. The van der Waals surface area contributed by atoms with Crippen molar-refractivity contribution < 1.29 is 43.0 Å². The minimum Gasteiger partial charge on any atom is -0.457 e. The van der Waals surface area contributed by atoms with Crippen LogP contribution in [0.25, 0.3) is 0 Å². The Morgan fingerprint density at radius 3 is 1.47 bits per heavy atom. The van der Waals surface area contributed by atoms with Crippen LogP contribution in [0.1, 0.15) is 226 Å². The standard InChI is InChI=1S/C47H91O9P/c1-3-5-7-9-11-13-15-17-18-19-20-21-22-23-24-25-26-28-30-32-34-36-38-40-53-43-46(44-55-57(51,52)54-42-45(49)41-48)56-47(50)39-37-35-33-31-29-27-16-14-12-10-8-6-4-2/h8,10,14,16,45-46,48-49H,3-7,9,11-13,15,17-44H2,1-2H3,(H,51,52)/b10-8-,16-14-. The van der Waals surface area contributed by atoms with Gasteiger partial charge in [0.25, 0.3) is 0 Å². The third-order valence-electron chi connectivity index (χ3n) is 10.4. The summed E-state index contributed by atoms with van der Waals surface area (Å²) in [4.78, 5) is 22.6. The molecule has 0 aromatic carbocycles. The summed E-state index contributed by atoms with van der Waals surface area (Å²) in [6, 6.07) is 0. The van der Waals surface area contributed by atoms with Gasteiger partial charge in [-0.3, -0.25) is 13.8 Å². The molecule has 10 heteroatoms. The first-order valence-corrected chi connectivity index (χ1v) is 25.3. The number of allylic oxidation sites excluding steroid dienone is 4. The third kappa shape index (κ3) is 44.3. The molecule has 0 saturated carbocycles. The highest BCUT2D eigenvalue weighted by Crippen LogP contribution is 2.43. The fourth-order valence-corrected chi connectivity index (χ4v) is 7.54. The summed E-state index contributed by atoms with van der Waals surface area (Å²) >= 11 is 0. The molecule has 0 aliphatic heterocycles. The number of aliphatic hydroxyl groups is 2. The molecule has 0 rings (SSSR count). The van der Waals surface area contributed by atoms with Crippen molar-refractivity contribution >= 4 is 13.8 Å². The van der Waals surface area contributed by atoms with Gasteiger partial charge in [-0.15, -0.1) is 0 Å². The first-order valence-electron chi connectivity index (χ1n) is 23.8. The highest BCUT2D eigenvalue weighted by molar-refractivity contribution is 7.47. The maximum atomic E-state index is 12.6. The lowest BCUT2D eigenvalue weighted by atomic mass is 10.0. The van der Waals surface area contributed by atoms with Gasteiger partial charge in [-0.1, -0.05) is 205 Å². The Balaban J connectivity index is 4.01. The van der Waals surface area contributed by atoms with Crippen LogP contribution in [0, 0.1) is 0 Å². The van der Waals surface area contributed by atoms with Crippen LogP contribution in [-0.4, -0.2) is 66.3 Å². The molecule has 0 saturated heterocycles. The Kier molecular flexibility index (Phi) is 43.7. The number of carbonyl (C=O) groups excluding carboxylic acids is 1. The molecule has 0 amide bonds. The molecule has 0 aliphatic carbocycles. The molecule has 0 aromatic heterocycles. The number of unbranched alkanes of at least 4 members (excludes halogenated alkanes) is 28. The number of hydrogen-bond acceptors (Lipinski definition) is 8. The quantitative estimate of drug-likeness (QED) is 0.0237. The number of aliphatic hydroxyl groups excluding tert-OH is 2. The zero-order valence-electron chi connectivity index (χ0n) is 37.1. The lowest BCUT2D eigenvalue weighted by molar-refractivity contribution is -0.154. The van der Waals surface area contributed by atoms with E-state index in [1.807, 2.05) is 0 Å². The second kappa shape index (κ2) is 44.5. The van der Waals surface area contributed by atoms with E-state index in [-0.39, 0.29) is 19.6 Å². The lowest BCUT2D eigenvalue weighted by Crippen LogP contribution is -2.29. The van der Waals surface area contributed by atoms with Crippen LogP contribution >= 0.6 is 7.82 Å². The van der Waals surface area contributed by atoms with Crippen molar-refractivity contribution in [2.45, 2.75) is 238 Å². The highest BCUT2D eigenvalue weighted by atomic mass is 31.2. The topological polar surface area (TPSA) is 132 Å². The predicted molar refractivity (Wildman–Crippen MR) is 238 cm³/mol. The largest absolute Gasteiger partial charge is 0.472 e. The fourth-order valence-electron chi connectivity index (χ4n) is 6.75. The SMILES string of the molecule is CCC/C=C\C/C=C\CCCCCCCC(=O)OC(COCCCCCCCCCCCCCCCCCCCCCCCCC)COP(=O)(O)OCC(O)CO. The minimum atomic E-state index is -4.52. The zero-order valence-corrected chi connectivity index (χ0v) is 38.0. The molecule has 3 unspecified atom stereocenters. The number of phosphoric acid groups is 1. The monoisotopic (exact) mass is 831 g/mol. The van der Waals surface area contributed by atoms with Crippen molar-refractivity contribution in [2.75, 3.05) is 33.0 Å². The van der Waals surface area contributed by atoms with Gasteiger partial charge < -0.3 is 24.6 Å². The molecule has 0 bridgehead atoms. The highest BCUT2D eigenvalue weighted by Gasteiger charge is 2.26. The summed E-state index contributed by atoms with van der Waals surface area (Å²) < 4.78 is 33.4. The van der Waals surface area contributed by atoms with Crippen molar-refractivity contribution in [1.82, 2.24) is 0 Å². The van der Waals surface area contributed by atoms with Gasteiger partial charge in [-0.25, -0.2) is 4.57 Å². The number of ether oxygens (including phenoxy) is 2. The number of esters is 1. The number of hydrogen-bond donors (Lipinski definition) is 3. The van der Waals surface area contributed by atoms with Crippen LogP contribution in [0.5, 0.6) is 0 Å². The summed E-state index contributed by atoms with van der Waals surface area (Å²) in [5.74, 6) is -0.393. The van der Waals surface area contributed by atoms with E-state index in [2.05, 4.69) is 38.2 Å². The molecule has 0 radical (unpaired) electrons. The van der Waals surface area contributed by atoms with Gasteiger partial charge in [0.05, 0.1) is 26.4 Å². The van der Waals surface area contributed by atoms with Crippen molar-refractivity contribution in [3.63, 3.8) is 0 Å². The molecule has 57 heavy (non-hydrogen) atoms. The van der Waals surface area contributed by atoms with Gasteiger partial charge in [0.15, 0.2) is 0 Å². The summed E-state index contributed by atoms with van der Waals surface area (Å²) in [7, 11) is -4.52. The molecule has 0 heterocycles. The number of phosphoric ester groups is 1. The van der Waals surface area contributed by atoms with Gasteiger partial charge in [0, 0.05) is 13.0 Å². The normalized spacial score (nSPS) is 14.1. The van der Waals surface area contributed by atoms with Crippen LogP contribution in [0.3, 0.4) is 0 Å². The molecule has 0 spiro atoms. The first-order chi connectivity index (χ1) is 27.8. The van der Waals surface area contributed by atoms with Crippen molar-refractivity contribution in [3.05, 3.63) is 24.3 Å². The van der Waals surface area contributed by atoms with Crippen LogP contribution in [0.2, 0.25) is 0 Å². The average Bonchev–Trinajstić information content (AvgIpc) is 3.20. The summed E-state index contributed by atoms with van der Waals surface area (Å²) in [5.41, 5.74) is 0. The Labute approximate surface area is 351 Å². The van der Waals surface area contributed by atoms with E-state index in [4.69, 9.17) is 23.6 Å². The van der Waals surface area contributed by atoms with Crippen LogP contribution in [0.4, 0.5) is 0 Å². The van der Waals surface area contributed by atoms with E-state index in [1.165, 1.54) is 141 Å². The van der Waals surface area contributed by atoms with Crippen molar-refractivity contribution in [3.8, 4) is 0 Å². The molecule has 3 N–H and O–H groups in total. The van der Waals surface area contributed by atoms with Gasteiger partial charge in [0.2, 0.25) is 0 Å². The molecular formula is C47H91O9P. The van der Waals surface area contributed by atoms with E-state index in [1.54, 1.807) is 0 Å². The summed E-state index contributed by atoms with van der Waals surface area (Å²) in [6.07, 6.45) is 47.2. The van der Waals surface area contributed by atoms with Crippen molar-refractivity contribution in [1.29, 1.82) is 0 Å². The molecular weight excluding hydrogens is 739 g/mol. The Bertz CT molecular complexity index is 944. The molecule has 3 atom stereocenters. The zero-order chi connectivity index (χ0) is 41.8. The Hall–Kier alpha value is -1.06. The Morgan fingerprint density at radius 1 is 0.544 bits per heavy atom. The third-order valence-corrected chi connectivity index (χ3v) is 11.3. The van der Waals surface area contributed by atoms with Gasteiger partial charge in [0.1, 0.15) is 12.2 Å².